The lowest BCUT2D eigenvalue weighted by atomic mass is 10.1. The predicted octanol–water partition coefficient (Wildman–Crippen LogP) is 7.48. The van der Waals surface area contributed by atoms with Gasteiger partial charge in [0.15, 0.2) is 0 Å². The molecule has 1 spiro atoms. The molecule has 1 aliphatic carbocycles. The zero-order chi connectivity index (χ0) is 32.9. The van der Waals surface area contributed by atoms with Crippen LogP contribution < -0.4 is 11.4 Å². The maximum absolute atomic E-state index is 16.1. The molecule has 1 saturated carbocycles. The van der Waals surface area contributed by atoms with Crippen molar-refractivity contribution in [2.45, 2.75) is 153 Å². The fourth-order valence-electron chi connectivity index (χ4n) is 5.49. The Labute approximate surface area is 265 Å². The van der Waals surface area contributed by atoms with Crippen LogP contribution in [0.25, 0.3) is 0 Å². The number of ether oxygens (including phenoxy) is 2. The van der Waals surface area contributed by atoms with Crippen molar-refractivity contribution in [2.75, 3.05) is 18.9 Å². The molecule has 2 N–H and O–H groups in total. The predicted molar refractivity (Wildman–Crippen MR) is 166 cm³/mol. The number of nitrogens with zero attached hydrogens (tertiary/aromatic N) is 2. The number of nitrogen functional groups attached to an aromatic ring is 1. The monoisotopic (exact) mass is 663 g/mol. The van der Waals surface area contributed by atoms with Crippen molar-refractivity contribution >= 4 is 19.6 Å². The van der Waals surface area contributed by atoms with Crippen LogP contribution in [0.3, 0.4) is 0 Å². The van der Waals surface area contributed by atoms with E-state index in [4.69, 9.17) is 28.8 Å². The molecular weight excluding hydrogens is 611 g/mol. The van der Waals surface area contributed by atoms with Crippen molar-refractivity contribution in [3.8, 4) is 0 Å². The van der Waals surface area contributed by atoms with Gasteiger partial charge in [-0.1, -0.05) is 91.4 Å². The smallest absolute Gasteiger partial charge is 0.452 e. The average molecular weight is 664 g/mol. The van der Waals surface area contributed by atoms with Gasteiger partial charge in [0.1, 0.15) is 17.5 Å². The first-order valence-corrected chi connectivity index (χ1v) is 18.2. The Kier molecular flexibility index (Phi) is 14.9. The Morgan fingerprint density at radius 1 is 0.978 bits per heavy atom. The number of alkyl halides is 2. The molecule has 0 amide bonds. The van der Waals surface area contributed by atoms with E-state index in [-0.39, 0.29) is 31.9 Å². The van der Waals surface area contributed by atoms with Gasteiger partial charge in [0, 0.05) is 19.0 Å². The van der Waals surface area contributed by atoms with Crippen LogP contribution in [-0.2, 0) is 32.4 Å². The number of phosphoric acid groups is 1. The van der Waals surface area contributed by atoms with E-state index in [9.17, 15) is 14.2 Å². The number of phosphoric ester groups is 1. The van der Waals surface area contributed by atoms with Crippen LogP contribution >= 0.6 is 7.82 Å². The number of unbranched alkanes of at least 4 members (excludes halogenated alkanes) is 11. The van der Waals surface area contributed by atoms with E-state index in [0.29, 0.717) is 23.8 Å². The summed E-state index contributed by atoms with van der Waals surface area (Å²) in [6.45, 7) is 6.45. The van der Waals surface area contributed by atoms with Crippen LogP contribution in [0.15, 0.2) is 17.1 Å². The lowest BCUT2D eigenvalue weighted by Gasteiger charge is -2.25. The molecule has 258 valence electrons. The van der Waals surface area contributed by atoms with Gasteiger partial charge in [-0.25, -0.2) is 9.36 Å². The zero-order valence-corrected chi connectivity index (χ0v) is 28.0. The van der Waals surface area contributed by atoms with Gasteiger partial charge in [-0.15, -0.1) is 0 Å². The number of aromatic nitrogens is 2. The maximum atomic E-state index is 16.1. The Hall–Kier alpha value is -1.92. The summed E-state index contributed by atoms with van der Waals surface area (Å²) in [6.07, 6.45) is 7.71. The van der Waals surface area contributed by atoms with Crippen molar-refractivity contribution in [1.29, 1.82) is 0 Å². The van der Waals surface area contributed by atoms with E-state index >= 15 is 8.78 Å². The van der Waals surface area contributed by atoms with E-state index < -0.39 is 49.4 Å². The van der Waals surface area contributed by atoms with Gasteiger partial charge in [0.2, 0.25) is 12.3 Å². The van der Waals surface area contributed by atoms with Gasteiger partial charge in [-0.2, -0.15) is 13.8 Å². The molecular formula is C31H52F2N3O8P. The Balaban J connectivity index is 1.79. The van der Waals surface area contributed by atoms with Crippen LogP contribution in [-0.4, -0.2) is 52.5 Å². The topological polar surface area (TPSA) is 141 Å². The molecule has 4 atom stereocenters. The molecule has 14 heteroatoms. The number of carbonyl (C=O) groups excluding carboxylic acids is 1. The second-order valence-corrected chi connectivity index (χ2v) is 13.7. The van der Waals surface area contributed by atoms with E-state index in [1.54, 1.807) is 0 Å². The highest BCUT2D eigenvalue weighted by molar-refractivity contribution is 7.48. The summed E-state index contributed by atoms with van der Waals surface area (Å²) in [5.41, 5.74) is 2.63. The van der Waals surface area contributed by atoms with Crippen molar-refractivity contribution in [2.24, 2.45) is 0 Å². The highest BCUT2D eigenvalue weighted by atomic mass is 31.2. The minimum atomic E-state index is -4.19. The third kappa shape index (κ3) is 10.5. The normalized spacial score (nSPS) is 23.9. The molecule has 3 rings (SSSR count). The SMILES string of the molecule is CCCCCCCCC(=O)O[C@H]1C(F)(F)[C@H](n2ccc(N)nc2=O)OC12C[C@@H]2OP(=O)(OCCCCCC)OCCCCCC. The summed E-state index contributed by atoms with van der Waals surface area (Å²) in [5.74, 6) is -4.81. The molecule has 1 aromatic rings. The number of halogens is 2. The van der Waals surface area contributed by atoms with Crippen LogP contribution in [0.1, 0.15) is 130 Å². The van der Waals surface area contributed by atoms with Crippen LogP contribution in [0.5, 0.6) is 0 Å². The Morgan fingerprint density at radius 3 is 2.11 bits per heavy atom. The third-order valence-corrected chi connectivity index (χ3v) is 9.69. The minimum absolute atomic E-state index is 0.0470. The summed E-state index contributed by atoms with van der Waals surface area (Å²) in [6, 6.07) is 1.19. The highest BCUT2D eigenvalue weighted by Crippen LogP contribution is 2.65. The minimum Gasteiger partial charge on any atom is -0.452 e. The van der Waals surface area contributed by atoms with Gasteiger partial charge in [0.25, 0.3) is 0 Å². The molecule has 2 heterocycles. The van der Waals surface area contributed by atoms with Gasteiger partial charge >= 0.3 is 25.4 Å². The molecule has 2 aliphatic rings. The quantitative estimate of drug-likeness (QED) is 0.0711. The first kappa shape index (κ1) is 37.5. The highest BCUT2D eigenvalue weighted by Gasteiger charge is 2.80. The lowest BCUT2D eigenvalue weighted by molar-refractivity contribution is -0.177. The summed E-state index contributed by atoms with van der Waals surface area (Å²) in [7, 11) is -4.19. The first-order valence-electron chi connectivity index (χ1n) is 16.7. The number of hydrogen-bond acceptors (Lipinski definition) is 10. The Bertz CT molecular complexity index is 1150. The molecule has 2 fully saturated rings. The van der Waals surface area contributed by atoms with Crippen molar-refractivity contribution in [1.82, 2.24) is 9.55 Å². The van der Waals surface area contributed by atoms with Crippen molar-refractivity contribution < 1.29 is 41.2 Å². The molecule has 0 bridgehead atoms. The zero-order valence-electron chi connectivity index (χ0n) is 27.1. The summed E-state index contributed by atoms with van der Waals surface area (Å²) in [5, 5.41) is 0. The molecule has 1 unspecified atom stereocenters. The number of rotatable bonds is 23. The summed E-state index contributed by atoms with van der Waals surface area (Å²) >= 11 is 0. The number of esters is 1. The molecule has 1 saturated heterocycles. The number of anilines is 1. The van der Waals surface area contributed by atoms with Crippen LogP contribution in [0.2, 0.25) is 0 Å². The molecule has 1 aromatic heterocycles. The van der Waals surface area contributed by atoms with E-state index in [1.165, 1.54) is 6.07 Å². The van der Waals surface area contributed by atoms with Gasteiger partial charge in [0.05, 0.1) is 13.2 Å². The fraction of sp³-hybridized carbons (Fsp3) is 0.839. The number of carbonyl (C=O) groups is 1. The number of hydrogen-bond donors (Lipinski definition) is 1. The van der Waals surface area contributed by atoms with Gasteiger partial charge in [-0.05, 0) is 25.3 Å². The first-order chi connectivity index (χ1) is 21.5. The van der Waals surface area contributed by atoms with E-state index in [2.05, 4.69) is 25.8 Å². The van der Waals surface area contributed by atoms with Crippen LogP contribution in [0.4, 0.5) is 14.6 Å². The van der Waals surface area contributed by atoms with Gasteiger partial charge in [-0.3, -0.25) is 22.9 Å². The molecule has 0 aromatic carbocycles. The van der Waals surface area contributed by atoms with Crippen LogP contribution in [0, 0.1) is 0 Å². The second kappa shape index (κ2) is 17.8. The Morgan fingerprint density at radius 2 is 1.53 bits per heavy atom. The van der Waals surface area contributed by atoms with E-state index in [0.717, 1.165) is 76.8 Å². The van der Waals surface area contributed by atoms with Gasteiger partial charge < -0.3 is 15.2 Å². The largest absolute Gasteiger partial charge is 0.475 e. The van der Waals surface area contributed by atoms with E-state index in [1.807, 2.05) is 0 Å². The maximum Gasteiger partial charge on any atom is 0.475 e. The summed E-state index contributed by atoms with van der Waals surface area (Å²) < 4.78 is 74.9. The lowest BCUT2D eigenvalue weighted by Crippen LogP contribution is -2.45. The summed E-state index contributed by atoms with van der Waals surface area (Å²) in [4.78, 5) is 28.9. The molecule has 11 nitrogen and oxygen atoms in total. The average Bonchev–Trinajstić information content (AvgIpc) is 3.62. The third-order valence-electron chi connectivity index (χ3n) is 8.18. The molecule has 1 aliphatic heterocycles. The van der Waals surface area contributed by atoms with Crippen molar-refractivity contribution in [3.63, 3.8) is 0 Å². The fourth-order valence-corrected chi connectivity index (χ4v) is 6.96. The molecule has 0 radical (unpaired) electrons. The van der Waals surface area contributed by atoms with Crippen molar-refractivity contribution in [3.05, 3.63) is 22.7 Å². The number of nitrogens with two attached hydrogens (primary N) is 1. The standard InChI is InChI=1S/C31H52F2N3O8P/c1-4-7-10-13-14-15-18-26(37)42-27-30(43-28(31(27,32)33)36-20-19-25(34)35-29(36)38)23-24(30)44-45(39,40-21-16-11-8-5-2)41-22-17-12-9-6-3/h19-20,24,27-28H,4-18,21-23H2,1-3H3,(H2,34,35,38)/t24-,27+,28+,30?/m0/s1. The second-order valence-electron chi connectivity index (χ2n) is 12.1. The molecule has 45 heavy (non-hydrogen) atoms.